The molecule has 0 radical (unpaired) electrons. The highest BCUT2D eigenvalue weighted by atomic mass is 19.4. The number of nitrogens with zero attached hydrogens (tertiary/aromatic N) is 2. The molecule has 2 fully saturated rings. The number of hydrogen-bond donors (Lipinski definition) is 1. The van der Waals surface area contributed by atoms with Crippen LogP contribution in [0.5, 0.6) is 0 Å². The lowest BCUT2D eigenvalue weighted by molar-refractivity contribution is -0.183. The first-order chi connectivity index (χ1) is 11.4. The molecule has 1 aromatic carbocycles. The highest BCUT2D eigenvalue weighted by Crippen LogP contribution is 2.34. The summed E-state index contributed by atoms with van der Waals surface area (Å²) in [7, 11) is 0. The summed E-state index contributed by atoms with van der Waals surface area (Å²) in [6.07, 6.45) is -1.54. The Kier molecular flexibility index (Phi) is 4.87. The van der Waals surface area contributed by atoms with Crippen molar-refractivity contribution < 1.29 is 18.0 Å². The summed E-state index contributed by atoms with van der Waals surface area (Å²) < 4.78 is 38.7. The van der Waals surface area contributed by atoms with Crippen LogP contribution in [0.25, 0.3) is 0 Å². The van der Waals surface area contributed by atoms with Crippen molar-refractivity contribution in [1.29, 1.82) is 0 Å². The van der Waals surface area contributed by atoms with Crippen LogP contribution in [0.15, 0.2) is 24.3 Å². The Morgan fingerprint density at radius 2 is 1.79 bits per heavy atom. The van der Waals surface area contributed by atoms with Gasteiger partial charge in [0, 0.05) is 26.2 Å². The van der Waals surface area contributed by atoms with E-state index in [1.807, 2.05) is 18.2 Å². The third-order valence-corrected chi connectivity index (χ3v) is 4.76. The number of likely N-dealkylation sites (tertiary alicyclic amines) is 1. The molecule has 0 aromatic heterocycles. The number of para-hydroxylation sites is 2. The van der Waals surface area contributed by atoms with E-state index in [2.05, 4.69) is 10.2 Å². The molecule has 2 aliphatic rings. The number of halogens is 3. The first kappa shape index (κ1) is 16.9. The smallest absolute Gasteiger partial charge is 0.370 e. The van der Waals surface area contributed by atoms with E-state index >= 15 is 0 Å². The van der Waals surface area contributed by atoms with Crippen molar-refractivity contribution in [2.24, 2.45) is 5.92 Å². The molecule has 24 heavy (non-hydrogen) atoms. The van der Waals surface area contributed by atoms with Crippen molar-refractivity contribution in [2.45, 2.75) is 31.9 Å². The van der Waals surface area contributed by atoms with E-state index in [9.17, 15) is 18.0 Å². The topological polar surface area (TPSA) is 35.6 Å². The van der Waals surface area contributed by atoms with Crippen molar-refractivity contribution in [1.82, 2.24) is 4.90 Å². The van der Waals surface area contributed by atoms with Crippen LogP contribution in [0.3, 0.4) is 0 Å². The minimum absolute atomic E-state index is 0.0949. The fraction of sp³-hybridized carbons (Fsp3) is 0.588. The van der Waals surface area contributed by atoms with Gasteiger partial charge in [0.2, 0.25) is 0 Å². The molecule has 0 saturated carbocycles. The van der Waals surface area contributed by atoms with Gasteiger partial charge in [0.05, 0.1) is 17.3 Å². The number of rotatable bonds is 2. The lowest BCUT2D eigenvalue weighted by Crippen LogP contribution is -2.46. The van der Waals surface area contributed by atoms with Crippen LogP contribution in [0.1, 0.15) is 25.7 Å². The van der Waals surface area contributed by atoms with Crippen molar-refractivity contribution in [3.8, 4) is 0 Å². The van der Waals surface area contributed by atoms with Crippen LogP contribution in [0.4, 0.5) is 29.3 Å². The van der Waals surface area contributed by atoms with Gasteiger partial charge in [0.15, 0.2) is 0 Å². The quantitative estimate of drug-likeness (QED) is 0.879. The number of carbonyl (C=O) groups excluding carboxylic acids is 1. The maximum atomic E-state index is 12.9. The summed E-state index contributed by atoms with van der Waals surface area (Å²) in [5.74, 6) is -1.43. The summed E-state index contributed by atoms with van der Waals surface area (Å²) in [6.45, 7) is 1.98. The van der Waals surface area contributed by atoms with Crippen molar-refractivity contribution >= 4 is 17.4 Å². The molecule has 132 valence electrons. The zero-order valence-corrected chi connectivity index (χ0v) is 13.5. The van der Waals surface area contributed by atoms with E-state index in [0.717, 1.165) is 31.6 Å². The fourth-order valence-electron chi connectivity index (χ4n) is 3.44. The molecule has 2 aliphatic heterocycles. The van der Waals surface area contributed by atoms with Gasteiger partial charge < -0.3 is 15.1 Å². The summed E-state index contributed by atoms with van der Waals surface area (Å²) in [5.41, 5.74) is 1.60. The number of benzene rings is 1. The zero-order valence-electron chi connectivity index (χ0n) is 13.5. The van der Waals surface area contributed by atoms with E-state index in [1.165, 1.54) is 4.90 Å². The first-order valence-corrected chi connectivity index (χ1v) is 8.42. The lowest BCUT2D eigenvalue weighted by Gasteiger charge is -2.34. The van der Waals surface area contributed by atoms with Gasteiger partial charge in [-0.2, -0.15) is 13.2 Å². The van der Waals surface area contributed by atoms with E-state index in [4.69, 9.17) is 0 Å². The standard InChI is InChI=1S/C17H22F3N3O/c18-17(19,20)13-6-5-11-23(12-13)16(24)21-14-7-1-2-8-15(14)22-9-3-4-10-22/h1-2,7-8,13H,3-6,9-12H2,(H,21,24). The van der Waals surface area contributed by atoms with Crippen LogP contribution < -0.4 is 10.2 Å². The largest absolute Gasteiger partial charge is 0.393 e. The molecule has 0 spiro atoms. The third kappa shape index (κ3) is 3.76. The Bertz CT molecular complexity index is 585. The van der Waals surface area contributed by atoms with Crippen LogP contribution >= 0.6 is 0 Å². The maximum Gasteiger partial charge on any atom is 0.393 e. The molecule has 4 nitrogen and oxygen atoms in total. The molecule has 1 N–H and O–H groups in total. The second-order valence-corrected chi connectivity index (χ2v) is 6.47. The van der Waals surface area contributed by atoms with Crippen LogP contribution in [-0.2, 0) is 0 Å². The number of hydrogen-bond acceptors (Lipinski definition) is 2. The van der Waals surface area contributed by atoms with Crippen LogP contribution in [-0.4, -0.2) is 43.3 Å². The highest BCUT2D eigenvalue weighted by molar-refractivity contribution is 5.93. The van der Waals surface area contributed by atoms with E-state index in [1.54, 1.807) is 6.07 Å². The summed E-state index contributed by atoms with van der Waals surface area (Å²) >= 11 is 0. The molecule has 1 atom stereocenters. The molecule has 0 aliphatic carbocycles. The predicted octanol–water partition coefficient (Wildman–Crippen LogP) is 4.09. The first-order valence-electron chi connectivity index (χ1n) is 8.42. The predicted molar refractivity (Wildman–Crippen MR) is 87.3 cm³/mol. The van der Waals surface area contributed by atoms with Crippen molar-refractivity contribution in [3.63, 3.8) is 0 Å². The number of amides is 2. The Morgan fingerprint density at radius 1 is 1.08 bits per heavy atom. The molecule has 1 aromatic rings. The number of piperidine rings is 1. The number of alkyl halides is 3. The lowest BCUT2D eigenvalue weighted by atomic mass is 9.98. The molecule has 1 unspecified atom stereocenters. The zero-order chi connectivity index (χ0) is 17.2. The van der Waals surface area contributed by atoms with E-state index in [-0.39, 0.29) is 13.0 Å². The summed E-state index contributed by atoms with van der Waals surface area (Å²) in [5, 5.41) is 2.81. The highest BCUT2D eigenvalue weighted by Gasteiger charge is 2.42. The average molecular weight is 341 g/mol. The molecule has 0 bridgehead atoms. The molecule has 2 heterocycles. The van der Waals surface area contributed by atoms with Gasteiger partial charge in [-0.05, 0) is 37.8 Å². The molecule has 7 heteroatoms. The van der Waals surface area contributed by atoms with Gasteiger partial charge in [-0.1, -0.05) is 12.1 Å². The Morgan fingerprint density at radius 3 is 2.50 bits per heavy atom. The van der Waals surface area contributed by atoms with Gasteiger partial charge in [-0.15, -0.1) is 0 Å². The van der Waals surface area contributed by atoms with Gasteiger partial charge in [-0.25, -0.2) is 4.79 Å². The minimum Gasteiger partial charge on any atom is -0.370 e. The van der Waals surface area contributed by atoms with Crippen LogP contribution in [0, 0.1) is 5.92 Å². The van der Waals surface area contributed by atoms with Gasteiger partial charge in [0.1, 0.15) is 0 Å². The SMILES string of the molecule is O=C(Nc1ccccc1N1CCCC1)N1CCCC(C(F)(F)F)C1. The van der Waals surface area contributed by atoms with Crippen molar-refractivity contribution in [3.05, 3.63) is 24.3 Å². The number of nitrogens with one attached hydrogen (secondary N) is 1. The van der Waals surface area contributed by atoms with E-state index in [0.29, 0.717) is 18.7 Å². The number of anilines is 2. The average Bonchev–Trinajstić information content (AvgIpc) is 3.09. The Hall–Kier alpha value is -1.92. The normalized spacial score (nSPS) is 21.9. The number of carbonyl (C=O) groups is 1. The Labute approximate surface area is 139 Å². The second-order valence-electron chi connectivity index (χ2n) is 6.47. The van der Waals surface area contributed by atoms with Gasteiger partial charge >= 0.3 is 12.2 Å². The molecular weight excluding hydrogens is 319 g/mol. The number of urea groups is 1. The third-order valence-electron chi connectivity index (χ3n) is 4.76. The monoisotopic (exact) mass is 341 g/mol. The fourth-order valence-corrected chi connectivity index (χ4v) is 3.44. The molecular formula is C17H22F3N3O. The van der Waals surface area contributed by atoms with E-state index < -0.39 is 18.1 Å². The van der Waals surface area contributed by atoms with Crippen molar-refractivity contribution in [2.75, 3.05) is 36.4 Å². The summed E-state index contributed by atoms with van der Waals surface area (Å²) in [4.78, 5) is 15.9. The molecule has 2 amide bonds. The minimum atomic E-state index is -4.24. The summed E-state index contributed by atoms with van der Waals surface area (Å²) in [6, 6.07) is 7.02. The Balaban J connectivity index is 1.69. The molecule has 2 saturated heterocycles. The van der Waals surface area contributed by atoms with Gasteiger partial charge in [0.25, 0.3) is 0 Å². The van der Waals surface area contributed by atoms with Gasteiger partial charge in [-0.3, -0.25) is 0 Å². The second kappa shape index (κ2) is 6.91. The molecule has 3 rings (SSSR count). The van der Waals surface area contributed by atoms with Crippen LogP contribution in [0.2, 0.25) is 0 Å². The maximum absolute atomic E-state index is 12.9.